The molecule has 0 atom stereocenters. The van der Waals surface area contributed by atoms with Crippen molar-refractivity contribution in [1.29, 1.82) is 0 Å². The molecule has 0 bridgehead atoms. The Morgan fingerprint density at radius 2 is 2.24 bits per heavy atom. The molecule has 4 nitrogen and oxygen atoms in total. The smallest absolute Gasteiger partial charge is 0.165 e. The van der Waals surface area contributed by atoms with E-state index in [1.165, 1.54) is 13.2 Å². The first-order chi connectivity index (χ1) is 8.19. The second kappa shape index (κ2) is 4.86. The Morgan fingerprint density at radius 3 is 2.82 bits per heavy atom. The van der Waals surface area contributed by atoms with Gasteiger partial charge in [0.25, 0.3) is 0 Å². The van der Waals surface area contributed by atoms with E-state index < -0.39 is 0 Å². The minimum atomic E-state index is -0.389. The molecule has 5 heteroatoms. The van der Waals surface area contributed by atoms with Gasteiger partial charge in [-0.15, -0.1) is 0 Å². The number of aryl methyl sites for hydroxylation is 1. The van der Waals surface area contributed by atoms with Gasteiger partial charge >= 0.3 is 0 Å². The van der Waals surface area contributed by atoms with Gasteiger partial charge in [0.2, 0.25) is 0 Å². The summed E-state index contributed by atoms with van der Waals surface area (Å²) in [5.74, 6) is 0.499. The average Bonchev–Trinajstić information content (AvgIpc) is 2.73. The van der Waals surface area contributed by atoms with Gasteiger partial charge in [0.1, 0.15) is 6.61 Å². The van der Waals surface area contributed by atoms with Gasteiger partial charge in [0.05, 0.1) is 19.5 Å². The van der Waals surface area contributed by atoms with Gasteiger partial charge in [-0.05, 0) is 17.7 Å². The lowest BCUT2D eigenvalue weighted by molar-refractivity contribution is 0.304. The molecule has 2 rings (SSSR count). The Bertz CT molecular complexity index is 511. The Kier molecular flexibility index (Phi) is 3.27. The Hall–Kier alpha value is -2.04. The van der Waals surface area contributed by atoms with E-state index in [1.54, 1.807) is 36.3 Å². The molecule has 0 amide bonds. The van der Waals surface area contributed by atoms with Gasteiger partial charge in [0, 0.05) is 7.05 Å². The molecule has 0 saturated carbocycles. The number of benzene rings is 1. The van der Waals surface area contributed by atoms with E-state index in [1.807, 2.05) is 0 Å². The van der Waals surface area contributed by atoms with Crippen LogP contribution in [0.25, 0.3) is 0 Å². The molecule has 2 aromatic rings. The highest BCUT2D eigenvalue weighted by molar-refractivity contribution is 5.29. The monoisotopic (exact) mass is 236 g/mol. The van der Waals surface area contributed by atoms with Crippen LogP contribution in [0.1, 0.15) is 5.56 Å². The van der Waals surface area contributed by atoms with Crippen molar-refractivity contribution in [2.24, 2.45) is 7.05 Å². The van der Waals surface area contributed by atoms with Crippen LogP contribution in [0.4, 0.5) is 4.39 Å². The molecule has 0 fully saturated rings. The largest absolute Gasteiger partial charge is 0.494 e. The van der Waals surface area contributed by atoms with E-state index in [0.717, 1.165) is 5.56 Å². The number of methoxy groups -OCH3 is 1. The van der Waals surface area contributed by atoms with E-state index in [2.05, 4.69) is 5.10 Å². The molecule has 1 aromatic carbocycles. The molecule has 1 aromatic heterocycles. The van der Waals surface area contributed by atoms with Crippen LogP contribution in [-0.4, -0.2) is 16.9 Å². The minimum Gasteiger partial charge on any atom is -0.494 e. The van der Waals surface area contributed by atoms with Crippen LogP contribution in [0.5, 0.6) is 11.5 Å². The third-order valence-electron chi connectivity index (χ3n) is 2.30. The van der Waals surface area contributed by atoms with Crippen molar-refractivity contribution < 1.29 is 13.9 Å². The third kappa shape index (κ3) is 2.75. The molecule has 0 saturated heterocycles. The Labute approximate surface area is 98.6 Å². The van der Waals surface area contributed by atoms with E-state index in [0.29, 0.717) is 12.4 Å². The first kappa shape index (κ1) is 11.4. The van der Waals surface area contributed by atoms with E-state index in [4.69, 9.17) is 9.47 Å². The summed E-state index contributed by atoms with van der Waals surface area (Å²) in [5, 5.41) is 3.97. The van der Waals surface area contributed by atoms with Gasteiger partial charge in [-0.2, -0.15) is 5.10 Å². The van der Waals surface area contributed by atoms with Crippen molar-refractivity contribution >= 4 is 0 Å². The molecule has 0 aliphatic rings. The number of nitrogens with zero attached hydrogens (tertiary/aromatic N) is 2. The second-order valence-electron chi connectivity index (χ2n) is 3.61. The summed E-state index contributed by atoms with van der Waals surface area (Å²) in [4.78, 5) is 0. The van der Waals surface area contributed by atoms with Crippen molar-refractivity contribution in [1.82, 2.24) is 9.78 Å². The summed E-state index contributed by atoms with van der Waals surface area (Å²) in [6.07, 6.45) is 3.36. The highest BCUT2D eigenvalue weighted by Gasteiger charge is 2.04. The Balaban J connectivity index is 2.02. The molecule has 0 radical (unpaired) electrons. The highest BCUT2D eigenvalue weighted by Crippen LogP contribution is 2.19. The lowest BCUT2D eigenvalue weighted by Crippen LogP contribution is -1.96. The molecule has 0 unspecified atom stereocenters. The van der Waals surface area contributed by atoms with Gasteiger partial charge < -0.3 is 9.47 Å². The third-order valence-corrected chi connectivity index (χ3v) is 2.30. The molecule has 17 heavy (non-hydrogen) atoms. The van der Waals surface area contributed by atoms with Crippen LogP contribution in [0.15, 0.2) is 30.6 Å². The zero-order valence-corrected chi connectivity index (χ0v) is 9.68. The summed E-state index contributed by atoms with van der Waals surface area (Å²) in [7, 11) is 3.24. The fraction of sp³-hybridized carbons (Fsp3) is 0.250. The maximum absolute atomic E-state index is 13.4. The maximum atomic E-state index is 13.4. The number of hydrogen-bond acceptors (Lipinski definition) is 3. The predicted octanol–water partition coefficient (Wildman–Crippen LogP) is 2.15. The van der Waals surface area contributed by atoms with Crippen LogP contribution in [0.3, 0.4) is 0 Å². The van der Waals surface area contributed by atoms with Crippen LogP contribution in [-0.2, 0) is 13.7 Å². The van der Waals surface area contributed by atoms with Crippen LogP contribution < -0.4 is 9.47 Å². The number of halogens is 1. The van der Waals surface area contributed by atoms with Crippen LogP contribution >= 0.6 is 0 Å². The van der Waals surface area contributed by atoms with Crippen LogP contribution in [0, 0.1) is 5.82 Å². The summed E-state index contributed by atoms with van der Waals surface area (Å²) in [5.41, 5.74) is 0.743. The second-order valence-corrected chi connectivity index (χ2v) is 3.61. The molecule has 1 heterocycles. The molecule has 90 valence electrons. The van der Waals surface area contributed by atoms with Gasteiger partial charge in [0.15, 0.2) is 17.3 Å². The van der Waals surface area contributed by atoms with Crippen molar-refractivity contribution in [3.8, 4) is 11.5 Å². The van der Waals surface area contributed by atoms with E-state index in [-0.39, 0.29) is 11.6 Å². The predicted molar refractivity (Wildman–Crippen MR) is 60.5 cm³/mol. The zero-order chi connectivity index (χ0) is 12.3. The van der Waals surface area contributed by atoms with Crippen molar-refractivity contribution in [2.45, 2.75) is 6.61 Å². The van der Waals surface area contributed by atoms with Gasteiger partial charge in [-0.25, -0.2) is 4.39 Å². The topological polar surface area (TPSA) is 36.3 Å². The standard InChI is InChI=1S/C12H13FN2O2/c1-15-7-10(6-14-15)17-8-9-3-4-12(16-2)11(13)5-9/h3-7H,8H2,1-2H3. The molecular formula is C12H13FN2O2. The number of rotatable bonds is 4. The van der Waals surface area contributed by atoms with Crippen molar-refractivity contribution in [2.75, 3.05) is 7.11 Å². The lowest BCUT2D eigenvalue weighted by Gasteiger charge is -2.06. The molecule has 0 aliphatic carbocycles. The summed E-state index contributed by atoms with van der Waals surface area (Å²) < 4.78 is 25.3. The highest BCUT2D eigenvalue weighted by atomic mass is 19.1. The first-order valence-electron chi connectivity index (χ1n) is 5.13. The number of ether oxygens (including phenoxy) is 2. The molecule has 0 spiro atoms. The summed E-state index contributed by atoms with van der Waals surface area (Å²) in [6.45, 7) is 0.298. The fourth-order valence-corrected chi connectivity index (χ4v) is 1.44. The molecule has 0 N–H and O–H groups in total. The fourth-order valence-electron chi connectivity index (χ4n) is 1.44. The summed E-state index contributed by atoms with van der Waals surface area (Å²) >= 11 is 0. The Morgan fingerprint density at radius 1 is 1.41 bits per heavy atom. The van der Waals surface area contributed by atoms with Crippen LogP contribution in [0.2, 0.25) is 0 Å². The molecular weight excluding hydrogens is 223 g/mol. The number of hydrogen-bond donors (Lipinski definition) is 0. The van der Waals surface area contributed by atoms with E-state index >= 15 is 0 Å². The minimum absolute atomic E-state index is 0.232. The maximum Gasteiger partial charge on any atom is 0.165 e. The van der Waals surface area contributed by atoms with Gasteiger partial charge in [-0.1, -0.05) is 6.07 Å². The normalized spacial score (nSPS) is 10.3. The lowest BCUT2D eigenvalue weighted by atomic mass is 10.2. The average molecular weight is 236 g/mol. The van der Waals surface area contributed by atoms with Crippen molar-refractivity contribution in [3.05, 3.63) is 42.0 Å². The van der Waals surface area contributed by atoms with E-state index in [9.17, 15) is 4.39 Å². The summed E-state index contributed by atoms with van der Waals surface area (Å²) in [6, 6.07) is 4.74. The SMILES string of the molecule is COc1ccc(COc2cnn(C)c2)cc1F. The number of aromatic nitrogens is 2. The van der Waals surface area contributed by atoms with Gasteiger partial charge in [-0.3, -0.25) is 4.68 Å². The van der Waals surface area contributed by atoms with Crippen molar-refractivity contribution in [3.63, 3.8) is 0 Å². The molecule has 0 aliphatic heterocycles. The quantitative estimate of drug-likeness (QED) is 0.816. The zero-order valence-electron chi connectivity index (χ0n) is 9.68. The first-order valence-corrected chi connectivity index (χ1v) is 5.13.